The van der Waals surface area contributed by atoms with Gasteiger partial charge in [-0.2, -0.15) is 0 Å². The minimum absolute atomic E-state index is 0.121. The van der Waals surface area contributed by atoms with E-state index in [9.17, 15) is 9.50 Å². The third kappa shape index (κ3) is 4.59. The summed E-state index contributed by atoms with van der Waals surface area (Å²) in [5.41, 5.74) is 0.770. The smallest absolute Gasteiger partial charge is 0.126 e. The molecule has 3 heteroatoms. The average molecular weight is 265 g/mol. The molecule has 0 aliphatic heterocycles. The highest BCUT2D eigenvalue weighted by atomic mass is 19.1. The molecule has 19 heavy (non-hydrogen) atoms. The fourth-order valence-corrected chi connectivity index (χ4v) is 2.88. The fourth-order valence-electron chi connectivity index (χ4n) is 2.88. The first kappa shape index (κ1) is 14.5. The van der Waals surface area contributed by atoms with Crippen LogP contribution in [0.1, 0.15) is 38.2 Å². The van der Waals surface area contributed by atoms with Crippen LogP contribution in [0.3, 0.4) is 0 Å². The van der Waals surface area contributed by atoms with E-state index < -0.39 is 0 Å². The maximum Gasteiger partial charge on any atom is 0.126 e. The van der Waals surface area contributed by atoms with Gasteiger partial charge in [0.1, 0.15) is 5.82 Å². The molecule has 1 aromatic carbocycles. The van der Waals surface area contributed by atoms with Crippen molar-refractivity contribution in [1.82, 2.24) is 5.32 Å². The van der Waals surface area contributed by atoms with Crippen molar-refractivity contribution in [3.8, 4) is 0 Å². The largest absolute Gasteiger partial charge is 0.393 e. The molecular formula is C16H24FNO. The number of aliphatic hydroxyl groups excluding tert-OH is 1. The van der Waals surface area contributed by atoms with Crippen molar-refractivity contribution in [3.63, 3.8) is 0 Å². The third-order valence-electron chi connectivity index (χ3n) is 3.99. The minimum atomic E-state index is -0.123. The number of nitrogens with one attached hydrogen (secondary N) is 1. The Bertz CT molecular complexity index is 396. The summed E-state index contributed by atoms with van der Waals surface area (Å²) >= 11 is 0. The zero-order valence-corrected chi connectivity index (χ0v) is 11.6. The maximum atomic E-state index is 13.5. The molecule has 0 aromatic heterocycles. The zero-order chi connectivity index (χ0) is 13.7. The summed E-state index contributed by atoms with van der Waals surface area (Å²) in [6, 6.07) is 7.22. The molecule has 2 N–H and O–H groups in total. The monoisotopic (exact) mass is 265 g/mol. The molecule has 0 spiro atoms. The molecule has 0 heterocycles. The second-order valence-corrected chi connectivity index (χ2v) is 5.79. The minimum Gasteiger partial charge on any atom is -0.393 e. The van der Waals surface area contributed by atoms with Crippen molar-refractivity contribution in [2.24, 2.45) is 5.92 Å². The Hall–Kier alpha value is -0.930. The van der Waals surface area contributed by atoms with E-state index in [1.165, 1.54) is 12.5 Å². The SMILES string of the molecule is CC(Cc1ccccc1F)NCC1CCCC(O)C1. The van der Waals surface area contributed by atoms with Crippen LogP contribution in [0.2, 0.25) is 0 Å². The summed E-state index contributed by atoms with van der Waals surface area (Å²) in [5, 5.41) is 13.1. The van der Waals surface area contributed by atoms with Crippen molar-refractivity contribution in [3.05, 3.63) is 35.6 Å². The molecule has 2 rings (SSSR count). The Balaban J connectivity index is 1.75. The fraction of sp³-hybridized carbons (Fsp3) is 0.625. The van der Waals surface area contributed by atoms with Crippen LogP contribution in [0.15, 0.2) is 24.3 Å². The van der Waals surface area contributed by atoms with Gasteiger partial charge in [0.15, 0.2) is 0 Å². The Morgan fingerprint density at radius 2 is 2.16 bits per heavy atom. The van der Waals surface area contributed by atoms with Gasteiger partial charge in [-0.15, -0.1) is 0 Å². The lowest BCUT2D eigenvalue weighted by atomic mass is 9.87. The summed E-state index contributed by atoms with van der Waals surface area (Å²) in [5.74, 6) is 0.441. The molecule has 3 unspecified atom stereocenters. The lowest BCUT2D eigenvalue weighted by molar-refractivity contribution is 0.0998. The van der Waals surface area contributed by atoms with E-state index in [2.05, 4.69) is 12.2 Å². The number of hydrogen-bond donors (Lipinski definition) is 2. The maximum absolute atomic E-state index is 13.5. The molecule has 1 saturated carbocycles. The first-order chi connectivity index (χ1) is 9.15. The topological polar surface area (TPSA) is 32.3 Å². The first-order valence-corrected chi connectivity index (χ1v) is 7.30. The molecule has 0 saturated heterocycles. The van der Waals surface area contributed by atoms with E-state index in [1.807, 2.05) is 12.1 Å². The Labute approximate surface area is 115 Å². The van der Waals surface area contributed by atoms with Crippen molar-refractivity contribution in [1.29, 1.82) is 0 Å². The van der Waals surface area contributed by atoms with Gasteiger partial charge >= 0.3 is 0 Å². The van der Waals surface area contributed by atoms with Crippen LogP contribution < -0.4 is 5.32 Å². The highest BCUT2D eigenvalue weighted by Gasteiger charge is 2.20. The van der Waals surface area contributed by atoms with Crippen molar-refractivity contribution >= 4 is 0 Å². The molecule has 1 fully saturated rings. The van der Waals surface area contributed by atoms with E-state index >= 15 is 0 Å². The summed E-state index contributed by atoms with van der Waals surface area (Å²) in [7, 11) is 0. The molecule has 1 aliphatic rings. The van der Waals surface area contributed by atoms with Gasteiger partial charge in [0, 0.05) is 6.04 Å². The van der Waals surface area contributed by atoms with Gasteiger partial charge in [-0.3, -0.25) is 0 Å². The van der Waals surface area contributed by atoms with Crippen molar-refractivity contribution in [2.45, 2.75) is 51.2 Å². The average Bonchev–Trinajstić information content (AvgIpc) is 2.39. The van der Waals surface area contributed by atoms with Gasteiger partial charge in [-0.1, -0.05) is 24.6 Å². The van der Waals surface area contributed by atoms with Crippen LogP contribution >= 0.6 is 0 Å². The van der Waals surface area contributed by atoms with Gasteiger partial charge in [-0.05, 0) is 56.7 Å². The van der Waals surface area contributed by atoms with Crippen LogP contribution in [0, 0.1) is 11.7 Å². The van der Waals surface area contributed by atoms with Crippen LogP contribution in [-0.2, 0) is 6.42 Å². The molecule has 1 aliphatic carbocycles. The molecular weight excluding hydrogens is 241 g/mol. The van der Waals surface area contributed by atoms with Crippen LogP contribution in [0.5, 0.6) is 0 Å². The van der Waals surface area contributed by atoms with Crippen molar-refractivity contribution in [2.75, 3.05) is 6.54 Å². The quantitative estimate of drug-likeness (QED) is 0.858. The second-order valence-electron chi connectivity index (χ2n) is 5.79. The summed E-state index contributed by atoms with van der Waals surface area (Å²) in [6.07, 6.45) is 4.75. The van der Waals surface area contributed by atoms with Gasteiger partial charge in [0.05, 0.1) is 6.10 Å². The highest BCUT2D eigenvalue weighted by Crippen LogP contribution is 2.23. The van der Waals surface area contributed by atoms with Crippen LogP contribution in [0.4, 0.5) is 4.39 Å². The van der Waals surface area contributed by atoms with Gasteiger partial charge in [-0.25, -0.2) is 4.39 Å². The zero-order valence-electron chi connectivity index (χ0n) is 11.6. The Kier molecular flexibility index (Phi) is 5.34. The number of aliphatic hydroxyl groups is 1. The van der Waals surface area contributed by atoms with Crippen LogP contribution in [-0.4, -0.2) is 23.8 Å². The predicted molar refractivity (Wildman–Crippen MR) is 75.5 cm³/mol. The summed E-state index contributed by atoms with van der Waals surface area (Å²) in [4.78, 5) is 0. The predicted octanol–water partition coefficient (Wildman–Crippen LogP) is 2.90. The van der Waals surface area contributed by atoms with Crippen molar-refractivity contribution < 1.29 is 9.50 Å². The standard InChI is InChI=1S/C16H24FNO/c1-12(9-14-6-2-3-8-16(14)17)18-11-13-5-4-7-15(19)10-13/h2-3,6,8,12-13,15,18-19H,4-5,7,9-11H2,1H3. The number of hydrogen-bond acceptors (Lipinski definition) is 2. The molecule has 3 atom stereocenters. The Morgan fingerprint density at radius 3 is 2.89 bits per heavy atom. The lowest BCUT2D eigenvalue weighted by Crippen LogP contribution is -2.35. The van der Waals surface area contributed by atoms with Gasteiger partial charge in [0.2, 0.25) is 0 Å². The van der Waals surface area contributed by atoms with E-state index in [-0.39, 0.29) is 18.0 Å². The van der Waals surface area contributed by atoms with E-state index in [0.717, 1.165) is 31.4 Å². The Morgan fingerprint density at radius 1 is 1.37 bits per heavy atom. The number of rotatable bonds is 5. The summed E-state index contributed by atoms with van der Waals surface area (Å²) in [6.45, 7) is 3.01. The molecule has 106 valence electrons. The summed E-state index contributed by atoms with van der Waals surface area (Å²) < 4.78 is 13.5. The molecule has 0 radical (unpaired) electrons. The lowest BCUT2D eigenvalue weighted by Gasteiger charge is -2.27. The second kappa shape index (κ2) is 7.01. The first-order valence-electron chi connectivity index (χ1n) is 7.30. The molecule has 0 amide bonds. The molecule has 0 bridgehead atoms. The number of benzene rings is 1. The molecule has 2 nitrogen and oxygen atoms in total. The highest BCUT2D eigenvalue weighted by molar-refractivity contribution is 5.18. The third-order valence-corrected chi connectivity index (χ3v) is 3.99. The molecule has 1 aromatic rings. The van der Waals surface area contributed by atoms with Gasteiger partial charge < -0.3 is 10.4 Å². The van der Waals surface area contributed by atoms with Crippen LogP contribution in [0.25, 0.3) is 0 Å². The normalized spacial score (nSPS) is 25.2. The van der Waals surface area contributed by atoms with E-state index in [4.69, 9.17) is 0 Å². The number of halogens is 1. The van der Waals surface area contributed by atoms with E-state index in [0.29, 0.717) is 12.3 Å². The van der Waals surface area contributed by atoms with E-state index in [1.54, 1.807) is 6.07 Å². The van der Waals surface area contributed by atoms with Gasteiger partial charge in [0.25, 0.3) is 0 Å².